The van der Waals surface area contributed by atoms with Gasteiger partial charge in [-0.15, -0.1) is 0 Å². The van der Waals surface area contributed by atoms with E-state index in [2.05, 4.69) is 5.32 Å². The highest BCUT2D eigenvalue weighted by Crippen LogP contribution is 2.52. The molecule has 3 N–H and O–H groups in total. The van der Waals surface area contributed by atoms with Crippen LogP contribution in [0, 0.1) is 5.92 Å². The fourth-order valence-electron chi connectivity index (χ4n) is 7.83. The Labute approximate surface area is 260 Å². The first-order valence-corrected chi connectivity index (χ1v) is 17.3. The molecule has 44 heavy (non-hydrogen) atoms. The van der Waals surface area contributed by atoms with E-state index >= 15 is 0 Å². The van der Waals surface area contributed by atoms with Crippen molar-refractivity contribution in [1.82, 2.24) is 10.2 Å². The van der Waals surface area contributed by atoms with E-state index in [1.54, 1.807) is 19.2 Å². The number of amides is 2. The van der Waals surface area contributed by atoms with E-state index in [0.717, 1.165) is 83.9 Å². The Hall–Kier alpha value is -3.17. The first-order valence-electron chi connectivity index (χ1n) is 15.0. The molecule has 2 amide bonds. The maximum atomic E-state index is 13.9. The standard InChI is InChI=1S/C30H35N5O7S2/c1-18(36)25-28(38)33-27(30(39)40)22(43-29(25)33)16-32-21-5-3-4-20-19(6-7-23(26(20)21)44(32,41)42)8-9-34-10-13-35(14-11-34,15-12-34)17-24(37)31-2/h3-7,18,25,29,36H,8-17H2,1-2H3/p+2/t18-,25?,29?,34?,35?/m0/s1. The smallest absolute Gasteiger partial charge is 0.353 e. The highest BCUT2D eigenvalue weighted by Gasteiger charge is 2.58. The van der Waals surface area contributed by atoms with Crippen LogP contribution in [0.15, 0.2) is 45.8 Å². The van der Waals surface area contributed by atoms with Crippen molar-refractivity contribution in [2.75, 3.05) is 70.3 Å². The van der Waals surface area contributed by atoms with Crippen molar-refractivity contribution in [3.63, 3.8) is 0 Å². The molecule has 2 unspecified atom stereocenters. The zero-order valence-electron chi connectivity index (χ0n) is 24.7. The molecule has 14 heteroatoms. The zero-order chi connectivity index (χ0) is 31.2. The largest absolute Gasteiger partial charge is 0.477 e. The maximum Gasteiger partial charge on any atom is 0.353 e. The number of aliphatic hydroxyl groups excluding tert-OH is 1. The van der Waals surface area contributed by atoms with E-state index in [1.165, 1.54) is 16.1 Å². The third-order valence-corrected chi connectivity index (χ3v) is 13.7. The summed E-state index contributed by atoms with van der Waals surface area (Å²) in [6.07, 6.45) is -0.151. The molecule has 4 fully saturated rings. The summed E-state index contributed by atoms with van der Waals surface area (Å²) in [7, 11) is -2.29. The SMILES string of the molecule is CNC(=O)C[N+]12CC[N+](CCc3ccc4c5c(cccc35)N(CC3=C(C(=O)O)N5C(=O)C([C@H](C)O)C5S3)S4(=O)=O)(CC1)CC2. The number of thioether (sulfide) groups is 1. The molecule has 234 valence electrons. The third kappa shape index (κ3) is 4.29. The van der Waals surface area contributed by atoms with E-state index in [9.17, 15) is 33.0 Å². The van der Waals surface area contributed by atoms with E-state index in [-0.39, 0.29) is 27.9 Å². The number of aliphatic hydroxyl groups is 1. The Bertz CT molecular complexity index is 1730. The average Bonchev–Trinajstić information content (AvgIpc) is 3.43. The second kappa shape index (κ2) is 10.2. The van der Waals surface area contributed by atoms with Crippen molar-refractivity contribution in [2.45, 2.75) is 29.7 Å². The molecule has 8 rings (SSSR count). The van der Waals surface area contributed by atoms with Gasteiger partial charge in [-0.3, -0.25) is 18.8 Å². The number of carbonyl (C=O) groups excluding carboxylic acids is 2. The van der Waals surface area contributed by atoms with Gasteiger partial charge in [-0.25, -0.2) is 13.2 Å². The van der Waals surface area contributed by atoms with Crippen LogP contribution in [-0.2, 0) is 30.8 Å². The lowest BCUT2D eigenvalue weighted by molar-refractivity contribution is -1.08. The summed E-state index contributed by atoms with van der Waals surface area (Å²) in [5.41, 5.74) is 1.37. The van der Waals surface area contributed by atoms with Gasteiger partial charge in [0.25, 0.3) is 15.9 Å². The predicted octanol–water partition coefficient (Wildman–Crippen LogP) is 0.506. The van der Waals surface area contributed by atoms with Crippen LogP contribution in [0.4, 0.5) is 5.69 Å². The van der Waals surface area contributed by atoms with Crippen LogP contribution >= 0.6 is 11.8 Å². The summed E-state index contributed by atoms with van der Waals surface area (Å²) in [5, 5.41) is 23.8. The first-order chi connectivity index (χ1) is 20.9. The van der Waals surface area contributed by atoms with Crippen molar-refractivity contribution < 1.29 is 42.0 Å². The van der Waals surface area contributed by atoms with Gasteiger partial charge in [-0.2, -0.15) is 0 Å². The number of piperazine rings is 3. The molecule has 4 saturated heterocycles. The van der Waals surface area contributed by atoms with Crippen molar-refractivity contribution in [1.29, 1.82) is 0 Å². The first kappa shape index (κ1) is 29.5. The van der Waals surface area contributed by atoms with Crippen LogP contribution in [0.5, 0.6) is 0 Å². The summed E-state index contributed by atoms with van der Waals surface area (Å²) in [6, 6.07) is 9.12. The molecule has 6 heterocycles. The lowest BCUT2D eigenvalue weighted by atomic mass is 9.92. The number of nitrogens with zero attached hydrogens (tertiary/aromatic N) is 4. The number of β-lactam (4-membered cyclic amide) rings is 1. The molecular weight excluding hydrogens is 606 g/mol. The summed E-state index contributed by atoms with van der Waals surface area (Å²) in [6.45, 7) is 8.79. The lowest BCUT2D eigenvalue weighted by Gasteiger charge is -2.55. The Morgan fingerprint density at radius 1 is 1.09 bits per heavy atom. The number of hydrogen-bond donors (Lipinski definition) is 3. The summed E-state index contributed by atoms with van der Waals surface area (Å²) >= 11 is 1.14. The normalized spacial score (nSPS) is 30.5. The molecule has 2 bridgehead atoms. The Balaban J connectivity index is 1.15. The average molecular weight is 644 g/mol. The molecule has 3 atom stereocenters. The van der Waals surface area contributed by atoms with Gasteiger partial charge in [0.2, 0.25) is 5.91 Å². The molecule has 0 aliphatic carbocycles. The summed E-state index contributed by atoms with van der Waals surface area (Å²) < 4.78 is 30.9. The summed E-state index contributed by atoms with van der Waals surface area (Å²) in [4.78, 5) is 38.7. The fraction of sp³-hybridized carbons (Fsp3) is 0.500. The number of nitrogens with one attached hydrogen (secondary N) is 1. The Kier molecular flexibility index (Phi) is 6.83. The van der Waals surface area contributed by atoms with Crippen molar-refractivity contribution in [3.8, 4) is 0 Å². The van der Waals surface area contributed by atoms with Gasteiger partial charge >= 0.3 is 5.97 Å². The number of benzene rings is 2. The topological polar surface area (TPSA) is 144 Å². The number of quaternary nitrogens is 2. The van der Waals surface area contributed by atoms with Crippen LogP contribution in [0.25, 0.3) is 10.8 Å². The van der Waals surface area contributed by atoms with E-state index in [1.807, 2.05) is 18.2 Å². The monoisotopic (exact) mass is 643 g/mol. The number of sulfonamides is 1. The number of carboxylic acids is 1. The van der Waals surface area contributed by atoms with Gasteiger partial charge in [-0.05, 0) is 30.0 Å². The minimum absolute atomic E-state index is 0.0908. The molecule has 0 aromatic heterocycles. The minimum Gasteiger partial charge on any atom is -0.477 e. The molecule has 6 aliphatic heterocycles. The van der Waals surface area contributed by atoms with E-state index in [0.29, 0.717) is 17.6 Å². The highest BCUT2D eigenvalue weighted by molar-refractivity contribution is 8.04. The van der Waals surface area contributed by atoms with Crippen LogP contribution in [0.3, 0.4) is 0 Å². The van der Waals surface area contributed by atoms with Crippen LogP contribution in [-0.4, -0.2) is 128 Å². The van der Waals surface area contributed by atoms with Gasteiger partial charge in [0.1, 0.15) is 50.3 Å². The van der Waals surface area contributed by atoms with Crippen LogP contribution in [0.2, 0.25) is 0 Å². The number of likely N-dealkylation sites (N-methyl/N-ethyl adjacent to an activating group) is 1. The van der Waals surface area contributed by atoms with Crippen molar-refractivity contribution in [2.24, 2.45) is 5.92 Å². The zero-order valence-corrected chi connectivity index (χ0v) is 26.4. The van der Waals surface area contributed by atoms with Crippen LogP contribution in [0.1, 0.15) is 12.5 Å². The number of fused-ring (bicyclic) bond motifs is 4. The predicted molar refractivity (Wildman–Crippen MR) is 164 cm³/mol. The second-order valence-corrected chi connectivity index (χ2v) is 15.9. The molecule has 0 spiro atoms. The number of carbonyl (C=O) groups is 3. The molecule has 12 nitrogen and oxygen atoms in total. The van der Waals surface area contributed by atoms with Gasteiger partial charge in [0.15, 0.2) is 6.54 Å². The Morgan fingerprint density at radius 2 is 1.77 bits per heavy atom. The number of aliphatic carboxylic acids is 1. The number of carboxylic acid groups (broad SMARTS) is 1. The van der Waals surface area contributed by atoms with Crippen LogP contribution < -0.4 is 9.62 Å². The molecule has 2 aromatic carbocycles. The van der Waals surface area contributed by atoms with Gasteiger partial charge in [-0.1, -0.05) is 30.0 Å². The molecule has 2 aromatic rings. The van der Waals surface area contributed by atoms with Gasteiger partial charge in [0, 0.05) is 23.8 Å². The maximum absolute atomic E-state index is 13.9. The quantitative estimate of drug-likeness (QED) is 0.265. The third-order valence-electron chi connectivity index (χ3n) is 10.5. The minimum atomic E-state index is -3.97. The molecular formula is C30H37N5O7S2+2. The molecule has 0 saturated carbocycles. The number of anilines is 1. The van der Waals surface area contributed by atoms with Crippen molar-refractivity contribution in [3.05, 3.63) is 46.5 Å². The van der Waals surface area contributed by atoms with Crippen molar-refractivity contribution >= 4 is 56.0 Å². The van der Waals surface area contributed by atoms with Gasteiger partial charge in [0.05, 0.1) is 35.7 Å². The summed E-state index contributed by atoms with van der Waals surface area (Å²) in [5.74, 6) is -2.40. The molecule has 0 radical (unpaired) electrons. The molecule has 6 aliphatic rings. The second-order valence-electron chi connectivity index (χ2n) is 12.8. The number of hydrogen-bond acceptors (Lipinski definition) is 7. The van der Waals surface area contributed by atoms with Gasteiger partial charge < -0.3 is 24.5 Å². The number of rotatable bonds is 9. The highest BCUT2D eigenvalue weighted by atomic mass is 32.2. The fourth-order valence-corrected chi connectivity index (χ4v) is 11.2. The van der Waals surface area contributed by atoms with E-state index < -0.39 is 39.3 Å². The Morgan fingerprint density at radius 3 is 2.41 bits per heavy atom. The lowest BCUT2D eigenvalue weighted by Crippen LogP contribution is -2.76. The van der Waals surface area contributed by atoms with E-state index in [4.69, 9.17) is 0 Å².